The molecule has 4 rings (SSSR count). The summed E-state index contributed by atoms with van der Waals surface area (Å²) >= 11 is 0. The number of halogens is 1. The van der Waals surface area contributed by atoms with Crippen LogP contribution in [-0.2, 0) is 0 Å². The minimum atomic E-state index is -0.316. The van der Waals surface area contributed by atoms with Gasteiger partial charge in [0.2, 0.25) is 0 Å². The smallest absolute Gasteiger partial charge is 0.271 e. The second kappa shape index (κ2) is 6.33. The first-order valence-corrected chi connectivity index (χ1v) is 8.00. The van der Waals surface area contributed by atoms with Gasteiger partial charge in [-0.05, 0) is 42.5 Å². The number of hydrogen-bond donors (Lipinski definition) is 2. The lowest BCUT2D eigenvalue weighted by Crippen LogP contribution is -2.32. The van der Waals surface area contributed by atoms with Crippen LogP contribution in [0.1, 0.15) is 5.56 Å². The molecule has 0 aliphatic carbocycles. The van der Waals surface area contributed by atoms with Crippen molar-refractivity contribution in [1.29, 1.82) is 0 Å². The Kier molecular flexibility index (Phi) is 3.85. The van der Waals surface area contributed by atoms with Gasteiger partial charge in [-0.1, -0.05) is 24.8 Å². The molecule has 0 unspecified atom stereocenters. The molecule has 2 aromatic carbocycles. The Hall–Kier alpha value is -3.67. The van der Waals surface area contributed by atoms with E-state index in [4.69, 9.17) is 0 Å². The normalized spacial score (nSPS) is 11.8. The maximum absolute atomic E-state index is 13.3. The molecule has 26 heavy (non-hydrogen) atoms. The average Bonchev–Trinajstić information content (AvgIpc) is 3.22. The molecule has 0 spiro atoms. The summed E-state index contributed by atoms with van der Waals surface area (Å²) < 4.78 is 15.0. The predicted octanol–water partition coefficient (Wildman–Crippen LogP) is 1.93. The third-order valence-electron chi connectivity index (χ3n) is 4.08. The average molecular weight is 346 g/mol. The van der Waals surface area contributed by atoms with Crippen LogP contribution in [0.4, 0.5) is 4.39 Å². The summed E-state index contributed by atoms with van der Waals surface area (Å²) in [6.45, 7) is 3.82. The van der Waals surface area contributed by atoms with Gasteiger partial charge in [-0.15, -0.1) is 0 Å². The van der Waals surface area contributed by atoms with Crippen molar-refractivity contribution in [3.8, 4) is 16.9 Å². The molecule has 0 bridgehead atoms. The Morgan fingerprint density at radius 1 is 1.04 bits per heavy atom. The molecule has 4 aromatic rings. The van der Waals surface area contributed by atoms with Crippen molar-refractivity contribution >= 4 is 12.7 Å². The molecule has 2 heterocycles. The van der Waals surface area contributed by atoms with Crippen molar-refractivity contribution in [2.75, 3.05) is 0 Å². The Morgan fingerprint density at radius 3 is 2.42 bits per heavy atom. The molecule has 0 saturated heterocycles. The Balaban J connectivity index is 1.96. The maximum Gasteiger partial charge on any atom is 0.271 e. The van der Waals surface area contributed by atoms with Gasteiger partial charge >= 0.3 is 0 Å². The van der Waals surface area contributed by atoms with E-state index in [1.54, 1.807) is 22.9 Å². The summed E-state index contributed by atoms with van der Waals surface area (Å²) in [6.07, 6.45) is 3.56. The van der Waals surface area contributed by atoms with Gasteiger partial charge in [-0.25, -0.2) is 9.07 Å². The highest BCUT2D eigenvalue weighted by Crippen LogP contribution is 2.24. The van der Waals surface area contributed by atoms with E-state index in [9.17, 15) is 9.18 Å². The van der Waals surface area contributed by atoms with E-state index < -0.39 is 0 Å². The van der Waals surface area contributed by atoms with E-state index in [-0.39, 0.29) is 11.4 Å². The van der Waals surface area contributed by atoms with Crippen molar-refractivity contribution in [2.45, 2.75) is 0 Å². The monoisotopic (exact) mass is 346 g/mol. The fourth-order valence-electron chi connectivity index (χ4n) is 2.75. The van der Waals surface area contributed by atoms with Gasteiger partial charge in [-0.2, -0.15) is 5.10 Å². The summed E-state index contributed by atoms with van der Waals surface area (Å²) in [4.78, 5) is 12.0. The summed E-state index contributed by atoms with van der Waals surface area (Å²) in [6, 6.07) is 15.7. The van der Waals surface area contributed by atoms with Crippen LogP contribution in [0.3, 0.4) is 0 Å². The number of nitrogens with one attached hydrogen (secondary N) is 2. The lowest BCUT2D eigenvalue weighted by molar-refractivity contribution is 0.628. The van der Waals surface area contributed by atoms with Crippen molar-refractivity contribution in [2.24, 2.45) is 0 Å². The molecule has 2 aromatic heterocycles. The van der Waals surface area contributed by atoms with Crippen LogP contribution in [0.25, 0.3) is 29.6 Å². The third-order valence-corrected chi connectivity index (χ3v) is 4.08. The number of aromatic nitrogens is 4. The summed E-state index contributed by atoms with van der Waals surface area (Å²) in [5.41, 5.74) is 2.76. The standard InChI is InChI=1S/C20H15FN4O/c1-13-18(20(26)23-22-13)11-15-12-25(17-5-3-2-4-6-17)24-19(15)14-7-9-16(21)10-8-14/h2-12,22H,1H2,(H,23,26)/b18-11-. The topological polar surface area (TPSA) is 66.5 Å². The SMILES string of the molecule is C=c1[nH][nH]c(=O)/c1=C\c1cn(-c2ccccc2)nc1-c1ccc(F)cc1. The second-order valence-corrected chi connectivity index (χ2v) is 5.84. The number of benzene rings is 2. The molecule has 6 heteroatoms. The van der Waals surface area contributed by atoms with Crippen LogP contribution < -0.4 is 16.1 Å². The van der Waals surface area contributed by atoms with Crippen LogP contribution >= 0.6 is 0 Å². The highest BCUT2D eigenvalue weighted by molar-refractivity contribution is 5.71. The molecule has 0 amide bonds. The number of para-hydroxylation sites is 1. The lowest BCUT2D eigenvalue weighted by atomic mass is 10.1. The molecule has 128 valence electrons. The minimum absolute atomic E-state index is 0.257. The number of hydrogen-bond acceptors (Lipinski definition) is 2. The number of rotatable bonds is 3. The zero-order chi connectivity index (χ0) is 18.1. The lowest BCUT2D eigenvalue weighted by Gasteiger charge is -2.00. The summed E-state index contributed by atoms with van der Waals surface area (Å²) in [5.74, 6) is -0.316. The predicted molar refractivity (Wildman–Crippen MR) is 98.7 cm³/mol. The number of H-pyrrole nitrogens is 2. The maximum atomic E-state index is 13.3. The molecule has 0 atom stereocenters. The minimum Gasteiger partial charge on any atom is -0.298 e. The van der Waals surface area contributed by atoms with E-state index in [2.05, 4.69) is 21.9 Å². The summed E-state index contributed by atoms with van der Waals surface area (Å²) in [5, 5.41) is 10.8. The van der Waals surface area contributed by atoms with Crippen molar-refractivity contribution in [1.82, 2.24) is 20.0 Å². The molecular weight excluding hydrogens is 331 g/mol. The van der Waals surface area contributed by atoms with Crippen LogP contribution in [0.15, 0.2) is 65.6 Å². The third kappa shape index (κ3) is 2.88. The second-order valence-electron chi connectivity index (χ2n) is 5.84. The van der Waals surface area contributed by atoms with Gasteiger partial charge in [-0.3, -0.25) is 15.0 Å². The zero-order valence-corrected chi connectivity index (χ0v) is 13.7. The van der Waals surface area contributed by atoms with Gasteiger partial charge in [0.15, 0.2) is 0 Å². The van der Waals surface area contributed by atoms with Gasteiger partial charge < -0.3 is 0 Å². The van der Waals surface area contributed by atoms with E-state index in [0.29, 0.717) is 16.3 Å². The van der Waals surface area contributed by atoms with Crippen LogP contribution in [0.5, 0.6) is 0 Å². The first-order chi connectivity index (χ1) is 12.6. The van der Waals surface area contributed by atoms with Crippen LogP contribution in [-0.4, -0.2) is 20.0 Å². The van der Waals surface area contributed by atoms with E-state index in [0.717, 1.165) is 16.8 Å². The Morgan fingerprint density at radius 2 is 1.77 bits per heavy atom. The molecule has 0 aliphatic rings. The van der Waals surface area contributed by atoms with Gasteiger partial charge in [0.05, 0.1) is 21.9 Å². The number of nitrogens with zero attached hydrogens (tertiary/aromatic N) is 2. The van der Waals surface area contributed by atoms with E-state index in [1.807, 2.05) is 36.5 Å². The number of aromatic amines is 2. The zero-order valence-electron chi connectivity index (χ0n) is 13.7. The first kappa shape index (κ1) is 15.8. The molecule has 5 nitrogen and oxygen atoms in total. The fourth-order valence-corrected chi connectivity index (χ4v) is 2.75. The van der Waals surface area contributed by atoms with Crippen molar-refractivity contribution < 1.29 is 4.39 Å². The highest BCUT2D eigenvalue weighted by Gasteiger charge is 2.11. The Labute approximate surface area is 147 Å². The quantitative estimate of drug-likeness (QED) is 0.595. The van der Waals surface area contributed by atoms with Crippen molar-refractivity contribution in [3.05, 3.63) is 93.1 Å². The van der Waals surface area contributed by atoms with Gasteiger partial charge in [0, 0.05) is 17.3 Å². The highest BCUT2D eigenvalue weighted by atomic mass is 19.1. The fraction of sp³-hybridized carbons (Fsp3) is 0. The molecule has 2 N–H and O–H groups in total. The molecule has 0 fully saturated rings. The van der Waals surface area contributed by atoms with Crippen LogP contribution in [0.2, 0.25) is 0 Å². The van der Waals surface area contributed by atoms with E-state index in [1.165, 1.54) is 12.1 Å². The van der Waals surface area contributed by atoms with Gasteiger partial charge in [0.25, 0.3) is 5.56 Å². The molecule has 0 saturated carbocycles. The Bertz CT molecular complexity index is 1190. The van der Waals surface area contributed by atoms with Gasteiger partial charge in [0.1, 0.15) is 5.82 Å². The van der Waals surface area contributed by atoms with Crippen LogP contribution in [0, 0.1) is 5.82 Å². The first-order valence-electron chi connectivity index (χ1n) is 8.00. The van der Waals surface area contributed by atoms with Crippen molar-refractivity contribution in [3.63, 3.8) is 0 Å². The summed E-state index contributed by atoms with van der Waals surface area (Å²) in [7, 11) is 0. The van der Waals surface area contributed by atoms with E-state index >= 15 is 0 Å². The molecular formula is C20H15FN4O. The molecule has 0 aliphatic heterocycles. The largest absolute Gasteiger partial charge is 0.298 e. The molecule has 0 radical (unpaired) electrons.